The SMILES string of the molecule is O=C(CC(c1ccccc1)c1ccccc1)N1CCSC(c2ccccc2)CC1. The van der Waals surface area contributed by atoms with Crippen molar-refractivity contribution in [1.82, 2.24) is 4.90 Å². The molecule has 1 aliphatic heterocycles. The Labute approximate surface area is 178 Å². The summed E-state index contributed by atoms with van der Waals surface area (Å²) in [6.45, 7) is 1.67. The summed E-state index contributed by atoms with van der Waals surface area (Å²) in [5.74, 6) is 1.36. The lowest BCUT2D eigenvalue weighted by molar-refractivity contribution is -0.131. The van der Waals surface area contributed by atoms with Crippen LogP contribution in [-0.2, 0) is 4.79 Å². The molecule has 0 spiro atoms. The molecule has 4 rings (SSSR count). The summed E-state index contributed by atoms with van der Waals surface area (Å²) in [7, 11) is 0. The van der Waals surface area contributed by atoms with Crippen LogP contribution in [0.1, 0.15) is 40.7 Å². The van der Waals surface area contributed by atoms with E-state index in [2.05, 4.69) is 83.8 Å². The fourth-order valence-electron chi connectivity index (χ4n) is 4.06. The second-order valence-corrected chi connectivity index (χ2v) is 8.83. The van der Waals surface area contributed by atoms with Gasteiger partial charge in [0.2, 0.25) is 5.91 Å². The summed E-state index contributed by atoms with van der Waals surface area (Å²) in [5.41, 5.74) is 3.79. The van der Waals surface area contributed by atoms with Crippen molar-refractivity contribution >= 4 is 17.7 Å². The average molecular weight is 402 g/mol. The van der Waals surface area contributed by atoms with E-state index in [0.29, 0.717) is 11.7 Å². The number of benzene rings is 3. The zero-order valence-corrected chi connectivity index (χ0v) is 17.4. The van der Waals surface area contributed by atoms with Gasteiger partial charge in [0.1, 0.15) is 0 Å². The van der Waals surface area contributed by atoms with E-state index in [1.165, 1.54) is 16.7 Å². The molecular weight excluding hydrogens is 374 g/mol. The lowest BCUT2D eigenvalue weighted by Crippen LogP contribution is -2.34. The highest BCUT2D eigenvalue weighted by molar-refractivity contribution is 7.99. The molecular formula is C26H27NOS. The molecule has 3 aromatic rings. The zero-order chi connectivity index (χ0) is 19.9. The molecule has 148 valence electrons. The lowest BCUT2D eigenvalue weighted by atomic mass is 9.88. The molecule has 3 heteroatoms. The van der Waals surface area contributed by atoms with Crippen molar-refractivity contribution in [2.75, 3.05) is 18.8 Å². The minimum absolute atomic E-state index is 0.103. The molecule has 1 fully saturated rings. The lowest BCUT2D eigenvalue weighted by Gasteiger charge is -2.24. The van der Waals surface area contributed by atoms with E-state index >= 15 is 0 Å². The number of hydrogen-bond donors (Lipinski definition) is 0. The van der Waals surface area contributed by atoms with Gasteiger partial charge in [-0.25, -0.2) is 0 Å². The average Bonchev–Trinajstić information content (AvgIpc) is 3.06. The van der Waals surface area contributed by atoms with Gasteiger partial charge in [0.15, 0.2) is 0 Å². The van der Waals surface area contributed by atoms with Gasteiger partial charge in [-0.15, -0.1) is 0 Å². The number of amides is 1. The van der Waals surface area contributed by atoms with E-state index < -0.39 is 0 Å². The third-order valence-corrected chi connectivity index (χ3v) is 6.98. The molecule has 1 atom stereocenters. The topological polar surface area (TPSA) is 20.3 Å². The molecule has 29 heavy (non-hydrogen) atoms. The number of nitrogens with zero attached hydrogens (tertiary/aromatic N) is 1. The van der Waals surface area contributed by atoms with Gasteiger partial charge in [0.25, 0.3) is 0 Å². The highest BCUT2D eigenvalue weighted by atomic mass is 32.2. The van der Waals surface area contributed by atoms with Gasteiger partial charge >= 0.3 is 0 Å². The van der Waals surface area contributed by atoms with Gasteiger partial charge in [-0.1, -0.05) is 91.0 Å². The molecule has 0 saturated carbocycles. The van der Waals surface area contributed by atoms with E-state index in [4.69, 9.17) is 0 Å². The zero-order valence-electron chi connectivity index (χ0n) is 16.6. The molecule has 2 nitrogen and oxygen atoms in total. The Kier molecular flexibility index (Phi) is 6.68. The van der Waals surface area contributed by atoms with Crippen LogP contribution in [0.2, 0.25) is 0 Å². The molecule has 0 radical (unpaired) electrons. The Balaban J connectivity index is 1.46. The number of carbonyl (C=O) groups is 1. The number of rotatable bonds is 5. The van der Waals surface area contributed by atoms with Crippen LogP contribution in [-0.4, -0.2) is 29.6 Å². The predicted octanol–water partition coefficient (Wildman–Crippen LogP) is 5.92. The molecule has 0 N–H and O–H groups in total. The fraction of sp³-hybridized carbons (Fsp3) is 0.269. The van der Waals surface area contributed by atoms with Crippen LogP contribution in [0.3, 0.4) is 0 Å². The highest BCUT2D eigenvalue weighted by Crippen LogP contribution is 2.35. The number of thioether (sulfide) groups is 1. The highest BCUT2D eigenvalue weighted by Gasteiger charge is 2.25. The van der Waals surface area contributed by atoms with Gasteiger partial charge in [-0.2, -0.15) is 11.8 Å². The minimum Gasteiger partial charge on any atom is -0.342 e. The van der Waals surface area contributed by atoms with Gasteiger partial charge in [-0.3, -0.25) is 4.79 Å². The molecule has 1 amide bonds. The van der Waals surface area contributed by atoms with Crippen LogP contribution in [0, 0.1) is 0 Å². The van der Waals surface area contributed by atoms with E-state index in [-0.39, 0.29) is 11.8 Å². The Bertz CT molecular complexity index is 858. The fourth-order valence-corrected chi connectivity index (χ4v) is 5.29. The normalized spacial score (nSPS) is 17.1. The van der Waals surface area contributed by atoms with Crippen molar-refractivity contribution in [2.24, 2.45) is 0 Å². The Morgan fingerprint density at radius 1 is 0.828 bits per heavy atom. The van der Waals surface area contributed by atoms with E-state index in [1.807, 2.05) is 23.9 Å². The molecule has 1 aliphatic rings. The molecule has 0 bridgehead atoms. The first-order chi connectivity index (χ1) is 14.3. The maximum atomic E-state index is 13.3. The molecule has 0 aromatic heterocycles. The molecule has 1 saturated heterocycles. The van der Waals surface area contributed by atoms with Crippen molar-refractivity contribution in [2.45, 2.75) is 24.0 Å². The van der Waals surface area contributed by atoms with Crippen LogP contribution >= 0.6 is 11.8 Å². The summed E-state index contributed by atoms with van der Waals surface area (Å²) in [6, 6.07) is 31.5. The van der Waals surface area contributed by atoms with Crippen molar-refractivity contribution in [1.29, 1.82) is 0 Å². The third kappa shape index (κ3) is 5.10. The van der Waals surface area contributed by atoms with Gasteiger partial charge in [0.05, 0.1) is 0 Å². The second-order valence-electron chi connectivity index (χ2n) is 7.52. The van der Waals surface area contributed by atoms with Crippen LogP contribution in [0.4, 0.5) is 0 Å². The quantitative estimate of drug-likeness (QED) is 0.529. The second kappa shape index (κ2) is 9.80. The van der Waals surface area contributed by atoms with Gasteiger partial charge < -0.3 is 4.90 Å². The first kappa shape index (κ1) is 19.8. The van der Waals surface area contributed by atoms with Crippen LogP contribution in [0.15, 0.2) is 91.0 Å². The summed E-state index contributed by atoms with van der Waals surface area (Å²) >= 11 is 1.98. The number of hydrogen-bond acceptors (Lipinski definition) is 2. The minimum atomic E-state index is 0.103. The van der Waals surface area contributed by atoms with E-state index in [1.54, 1.807) is 0 Å². The smallest absolute Gasteiger partial charge is 0.223 e. The summed E-state index contributed by atoms with van der Waals surface area (Å²) in [5, 5.41) is 0.480. The molecule has 1 heterocycles. The summed E-state index contributed by atoms with van der Waals surface area (Å²) in [4.78, 5) is 15.3. The van der Waals surface area contributed by atoms with Crippen LogP contribution in [0.25, 0.3) is 0 Å². The summed E-state index contributed by atoms with van der Waals surface area (Å²) < 4.78 is 0. The monoisotopic (exact) mass is 401 g/mol. The van der Waals surface area contributed by atoms with Gasteiger partial charge in [0, 0.05) is 36.4 Å². The van der Waals surface area contributed by atoms with Crippen molar-refractivity contribution in [3.8, 4) is 0 Å². The predicted molar refractivity (Wildman–Crippen MR) is 122 cm³/mol. The van der Waals surface area contributed by atoms with Crippen molar-refractivity contribution < 1.29 is 4.79 Å². The van der Waals surface area contributed by atoms with E-state index in [0.717, 1.165) is 25.3 Å². The van der Waals surface area contributed by atoms with Crippen molar-refractivity contribution in [3.05, 3.63) is 108 Å². The Morgan fingerprint density at radius 3 is 1.97 bits per heavy atom. The third-order valence-electron chi connectivity index (χ3n) is 5.65. The Morgan fingerprint density at radius 2 is 1.38 bits per heavy atom. The first-order valence-corrected chi connectivity index (χ1v) is 11.4. The maximum absolute atomic E-state index is 13.3. The van der Waals surface area contributed by atoms with Gasteiger partial charge in [-0.05, 0) is 23.1 Å². The van der Waals surface area contributed by atoms with Crippen LogP contribution in [0.5, 0.6) is 0 Å². The van der Waals surface area contributed by atoms with E-state index in [9.17, 15) is 4.79 Å². The maximum Gasteiger partial charge on any atom is 0.223 e. The summed E-state index contributed by atoms with van der Waals surface area (Å²) in [6.07, 6.45) is 1.54. The molecule has 3 aromatic carbocycles. The number of carbonyl (C=O) groups excluding carboxylic acids is 1. The standard InChI is InChI=1S/C26H27NOS/c28-26(27-17-16-25(29-19-18-27)23-14-8-3-9-15-23)20-24(21-10-4-1-5-11-21)22-12-6-2-7-13-22/h1-15,24-25H,16-20H2. The Hall–Kier alpha value is -2.52. The largest absolute Gasteiger partial charge is 0.342 e. The van der Waals surface area contributed by atoms with Crippen LogP contribution < -0.4 is 0 Å². The van der Waals surface area contributed by atoms with Crippen molar-refractivity contribution in [3.63, 3.8) is 0 Å². The first-order valence-electron chi connectivity index (χ1n) is 10.4. The molecule has 1 unspecified atom stereocenters. The molecule has 0 aliphatic carbocycles.